The Kier molecular flexibility index (Phi) is 4.24. The molecule has 1 aromatic carbocycles. The van der Waals surface area contributed by atoms with E-state index in [1.54, 1.807) is 12.1 Å². The maximum absolute atomic E-state index is 11.5. The highest BCUT2D eigenvalue weighted by Crippen LogP contribution is 2.36. The van der Waals surface area contributed by atoms with E-state index in [0.717, 1.165) is 0 Å². The summed E-state index contributed by atoms with van der Waals surface area (Å²) in [5.41, 5.74) is 1.06. The molecule has 1 aliphatic heterocycles. The van der Waals surface area contributed by atoms with Crippen LogP contribution in [0.2, 0.25) is 0 Å². The highest BCUT2D eigenvalue weighted by Gasteiger charge is 2.25. The van der Waals surface area contributed by atoms with E-state index in [-0.39, 0.29) is 6.61 Å². The smallest absolute Gasteiger partial charge is 0.339 e. The largest absolute Gasteiger partial charge is 0.486 e. The van der Waals surface area contributed by atoms with Gasteiger partial charge in [-0.25, -0.2) is 4.79 Å². The van der Waals surface area contributed by atoms with Crippen LogP contribution in [0.5, 0.6) is 11.5 Å². The summed E-state index contributed by atoms with van der Waals surface area (Å²) in [6.07, 6.45) is -1.37. The van der Waals surface area contributed by atoms with Gasteiger partial charge in [-0.2, -0.15) is 0 Å². The highest BCUT2D eigenvalue weighted by atomic mass is 16.6. The lowest BCUT2D eigenvalue weighted by Crippen LogP contribution is -2.19. The molecule has 0 spiro atoms. The summed E-state index contributed by atoms with van der Waals surface area (Å²) in [5.74, 6) is 0.359. The maximum Gasteiger partial charge on any atom is 0.339 e. The molecule has 0 aliphatic carbocycles. The van der Waals surface area contributed by atoms with Crippen molar-refractivity contribution in [3.8, 4) is 11.5 Å². The number of aliphatic hydroxyl groups excluding tert-OH is 1. The SMILES string of the molecule is COCc1cc2c(cc1C(O)C(=O)OC)OCCO2. The number of carbonyl (C=O) groups excluding carboxylic acids is 1. The minimum absolute atomic E-state index is 0.250. The number of fused-ring (bicyclic) bond motifs is 1. The van der Waals surface area contributed by atoms with E-state index in [4.69, 9.17) is 14.2 Å². The predicted molar refractivity (Wildman–Crippen MR) is 65.1 cm³/mol. The van der Waals surface area contributed by atoms with Crippen LogP contribution in [0.15, 0.2) is 12.1 Å². The summed E-state index contributed by atoms with van der Waals surface area (Å²) < 4.78 is 20.5. The van der Waals surface area contributed by atoms with E-state index in [1.165, 1.54) is 14.2 Å². The third kappa shape index (κ3) is 2.80. The van der Waals surface area contributed by atoms with Gasteiger partial charge >= 0.3 is 5.97 Å². The van der Waals surface area contributed by atoms with Crippen LogP contribution >= 0.6 is 0 Å². The Hall–Kier alpha value is -1.79. The Morgan fingerprint density at radius 3 is 2.53 bits per heavy atom. The summed E-state index contributed by atoms with van der Waals surface area (Å²) in [5, 5.41) is 9.97. The molecule has 0 saturated carbocycles. The van der Waals surface area contributed by atoms with Crippen LogP contribution in [0.3, 0.4) is 0 Å². The molecule has 19 heavy (non-hydrogen) atoms. The minimum Gasteiger partial charge on any atom is -0.486 e. The predicted octanol–water partition coefficient (Wildman–Crippen LogP) is 0.811. The average molecular weight is 268 g/mol. The van der Waals surface area contributed by atoms with Gasteiger partial charge in [0.25, 0.3) is 0 Å². The molecule has 104 valence electrons. The van der Waals surface area contributed by atoms with E-state index in [2.05, 4.69) is 4.74 Å². The zero-order valence-electron chi connectivity index (χ0n) is 10.8. The number of carbonyl (C=O) groups is 1. The molecule has 1 aliphatic rings. The van der Waals surface area contributed by atoms with Crippen molar-refractivity contribution in [3.63, 3.8) is 0 Å². The second kappa shape index (κ2) is 5.90. The first-order valence-corrected chi connectivity index (χ1v) is 5.84. The molecule has 1 unspecified atom stereocenters. The zero-order valence-corrected chi connectivity index (χ0v) is 10.8. The van der Waals surface area contributed by atoms with Crippen molar-refractivity contribution in [1.29, 1.82) is 0 Å². The van der Waals surface area contributed by atoms with Crippen molar-refractivity contribution in [2.75, 3.05) is 27.4 Å². The zero-order chi connectivity index (χ0) is 13.8. The topological polar surface area (TPSA) is 74.2 Å². The highest BCUT2D eigenvalue weighted by molar-refractivity contribution is 5.77. The van der Waals surface area contributed by atoms with Crippen LogP contribution in [0.1, 0.15) is 17.2 Å². The number of hydrogen-bond donors (Lipinski definition) is 1. The van der Waals surface area contributed by atoms with Gasteiger partial charge in [0.05, 0.1) is 13.7 Å². The second-order valence-electron chi connectivity index (χ2n) is 4.05. The van der Waals surface area contributed by atoms with Crippen LogP contribution in [0, 0.1) is 0 Å². The first kappa shape index (κ1) is 13.6. The minimum atomic E-state index is -1.37. The van der Waals surface area contributed by atoms with Crippen LogP contribution in [-0.4, -0.2) is 38.5 Å². The standard InChI is InChI=1S/C13H16O6/c1-16-7-8-5-10-11(19-4-3-18-10)6-9(8)12(14)13(15)17-2/h5-6,12,14H,3-4,7H2,1-2H3. The van der Waals surface area contributed by atoms with E-state index >= 15 is 0 Å². The molecule has 1 atom stereocenters. The molecule has 1 N–H and O–H groups in total. The Bertz CT molecular complexity index is 470. The normalized spacial score (nSPS) is 14.9. The number of methoxy groups -OCH3 is 2. The average Bonchev–Trinajstić information content (AvgIpc) is 2.45. The first-order valence-electron chi connectivity index (χ1n) is 5.84. The van der Waals surface area contributed by atoms with Gasteiger partial charge in [0, 0.05) is 12.7 Å². The van der Waals surface area contributed by atoms with Crippen LogP contribution in [-0.2, 0) is 20.9 Å². The Morgan fingerprint density at radius 2 is 1.95 bits per heavy atom. The van der Waals surface area contributed by atoms with Crippen molar-refractivity contribution < 1.29 is 28.8 Å². The van der Waals surface area contributed by atoms with Crippen molar-refractivity contribution in [3.05, 3.63) is 23.3 Å². The number of ether oxygens (including phenoxy) is 4. The van der Waals surface area contributed by atoms with Crippen molar-refractivity contribution in [1.82, 2.24) is 0 Å². The molecule has 0 fully saturated rings. The molecule has 6 nitrogen and oxygen atoms in total. The fraction of sp³-hybridized carbons (Fsp3) is 0.462. The van der Waals surface area contributed by atoms with E-state index in [1.807, 2.05) is 0 Å². The molecular formula is C13H16O6. The monoisotopic (exact) mass is 268 g/mol. The summed E-state index contributed by atoms with van der Waals surface area (Å²) >= 11 is 0. The Labute approximate surface area is 110 Å². The Balaban J connectivity index is 2.41. The molecule has 6 heteroatoms. The van der Waals surface area contributed by atoms with E-state index in [9.17, 15) is 9.90 Å². The summed E-state index contributed by atoms with van der Waals surface area (Å²) in [7, 11) is 2.75. The number of esters is 1. The number of benzene rings is 1. The van der Waals surface area contributed by atoms with Gasteiger partial charge in [0.1, 0.15) is 13.2 Å². The molecule has 0 radical (unpaired) electrons. The lowest BCUT2D eigenvalue weighted by molar-refractivity contribution is -0.150. The van der Waals surface area contributed by atoms with Gasteiger partial charge in [0.2, 0.25) is 0 Å². The quantitative estimate of drug-likeness (QED) is 0.815. The molecule has 1 aromatic rings. The van der Waals surface area contributed by atoms with E-state index in [0.29, 0.717) is 35.8 Å². The van der Waals surface area contributed by atoms with E-state index < -0.39 is 12.1 Å². The molecule has 0 amide bonds. The van der Waals surface area contributed by atoms with Gasteiger partial charge in [0.15, 0.2) is 17.6 Å². The summed E-state index contributed by atoms with van der Waals surface area (Å²) in [6, 6.07) is 3.30. The van der Waals surface area contributed by atoms with Crippen molar-refractivity contribution >= 4 is 5.97 Å². The number of aliphatic hydroxyl groups is 1. The summed E-state index contributed by atoms with van der Waals surface area (Å²) in [6.45, 7) is 1.16. The molecule has 0 bridgehead atoms. The first-order chi connectivity index (χ1) is 9.17. The lowest BCUT2D eigenvalue weighted by Gasteiger charge is -2.22. The van der Waals surface area contributed by atoms with Crippen molar-refractivity contribution in [2.24, 2.45) is 0 Å². The maximum atomic E-state index is 11.5. The molecular weight excluding hydrogens is 252 g/mol. The Morgan fingerprint density at radius 1 is 1.32 bits per heavy atom. The number of rotatable bonds is 4. The molecule has 0 saturated heterocycles. The van der Waals surface area contributed by atoms with Crippen LogP contribution < -0.4 is 9.47 Å². The fourth-order valence-corrected chi connectivity index (χ4v) is 1.92. The number of hydrogen-bond acceptors (Lipinski definition) is 6. The van der Waals surface area contributed by atoms with Crippen LogP contribution in [0.25, 0.3) is 0 Å². The van der Waals surface area contributed by atoms with Gasteiger partial charge in [-0.05, 0) is 17.7 Å². The van der Waals surface area contributed by atoms with Gasteiger partial charge in [-0.3, -0.25) is 0 Å². The summed E-state index contributed by atoms with van der Waals surface area (Å²) in [4.78, 5) is 11.5. The third-order valence-corrected chi connectivity index (χ3v) is 2.82. The van der Waals surface area contributed by atoms with Crippen molar-refractivity contribution in [2.45, 2.75) is 12.7 Å². The molecule has 0 aromatic heterocycles. The third-order valence-electron chi connectivity index (χ3n) is 2.82. The second-order valence-corrected chi connectivity index (χ2v) is 4.05. The van der Waals surface area contributed by atoms with Gasteiger partial charge < -0.3 is 24.1 Å². The van der Waals surface area contributed by atoms with Gasteiger partial charge in [-0.15, -0.1) is 0 Å². The van der Waals surface area contributed by atoms with Crippen LogP contribution in [0.4, 0.5) is 0 Å². The molecule has 2 rings (SSSR count). The molecule has 1 heterocycles. The fourth-order valence-electron chi connectivity index (χ4n) is 1.92. The lowest BCUT2D eigenvalue weighted by atomic mass is 10.0. The van der Waals surface area contributed by atoms with Gasteiger partial charge in [-0.1, -0.05) is 0 Å².